The van der Waals surface area contributed by atoms with Gasteiger partial charge in [-0.25, -0.2) is 4.79 Å². The summed E-state index contributed by atoms with van der Waals surface area (Å²) in [4.78, 5) is 23.5. The molecule has 6 atom stereocenters. The molecule has 0 aromatic rings. The van der Waals surface area contributed by atoms with Crippen LogP contribution in [-0.4, -0.2) is 46.6 Å². The van der Waals surface area contributed by atoms with Crippen LogP contribution >= 0.6 is 0 Å². The highest BCUT2D eigenvalue weighted by Crippen LogP contribution is 2.61. The quantitative estimate of drug-likeness (QED) is 0.580. The van der Waals surface area contributed by atoms with Gasteiger partial charge in [-0.1, -0.05) is 6.58 Å². The fourth-order valence-electron chi connectivity index (χ4n) is 4.99. The van der Waals surface area contributed by atoms with E-state index in [2.05, 4.69) is 6.58 Å². The number of hydrogen-bond acceptors (Lipinski definition) is 6. The first-order valence-electron chi connectivity index (χ1n) is 8.16. The minimum absolute atomic E-state index is 0.154. The van der Waals surface area contributed by atoms with Crippen molar-refractivity contribution in [3.8, 4) is 0 Å². The van der Waals surface area contributed by atoms with Crippen LogP contribution in [0.5, 0.6) is 0 Å². The van der Waals surface area contributed by atoms with Gasteiger partial charge >= 0.3 is 11.9 Å². The fourth-order valence-corrected chi connectivity index (χ4v) is 4.99. The summed E-state index contributed by atoms with van der Waals surface area (Å²) in [5.74, 6) is -1.43. The van der Waals surface area contributed by atoms with Gasteiger partial charge in [0.1, 0.15) is 12.2 Å². The van der Waals surface area contributed by atoms with E-state index in [0.29, 0.717) is 31.3 Å². The van der Waals surface area contributed by atoms with E-state index >= 15 is 0 Å². The minimum atomic E-state index is -1.24. The number of ether oxygens (including phenoxy) is 2. The van der Waals surface area contributed by atoms with E-state index < -0.39 is 35.2 Å². The van der Waals surface area contributed by atoms with E-state index in [1.54, 1.807) is 0 Å². The Bertz CT molecular complexity index is 557. The average Bonchev–Trinajstić information content (AvgIpc) is 2.88. The lowest BCUT2D eigenvalue weighted by Crippen LogP contribution is -2.59. The van der Waals surface area contributed by atoms with Gasteiger partial charge in [0.2, 0.25) is 0 Å². The lowest BCUT2D eigenvalue weighted by molar-refractivity contribution is -0.198. The van der Waals surface area contributed by atoms with Gasteiger partial charge in [0.25, 0.3) is 0 Å². The van der Waals surface area contributed by atoms with Gasteiger partial charge in [0.15, 0.2) is 0 Å². The molecule has 23 heavy (non-hydrogen) atoms. The van der Waals surface area contributed by atoms with Crippen LogP contribution in [0.4, 0.5) is 0 Å². The normalized spacial score (nSPS) is 45.9. The first-order chi connectivity index (χ1) is 10.8. The van der Waals surface area contributed by atoms with Gasteiger partial charge in [-0.05, 0) is 32.6 Å². The van der Waals surface area contributed by atoms with Crippen LogP contribution in [0.25, 0.3) is 0 Å². The molecule has 128 valence electrons. The summed E-state index contributed by atoms with van der Waals surface area (Å²) in [6.07, 6.45) is 0.937. The predicted octanol–water partition coefficient (Wildman–Crippen LogP) is 0.949. The molecule has 2 saturated carbocycles. The third-order valence-corrected chi connectivity index (χ3v) is 6.32. The lowest BCUT2D eigenvalue weighted by Gasteiger charge is -2.47. The number of carbonyl (C=O) groups excluding carboxylic acids is 2. The second kappa shape index (κ2) is 5.31. The van der Waals surface area contributed by atoms with Crippen molar-refractivity contribution in [1.29, 1.82) is 0 Å². The van der Waals surface area contributed by atoms with Gasteiger partial charge in [-0.15, -0.1) is 0 Å². The molecule has 0 spiro atoms. The fraction of sp³-hybridized carbons (Fsp3) is 0.765. The SMILES string of the molecule is C=C1C(=O)OC2C1CC[C@H](CO)[C@]1(O)CC[C@H](OC(C)=O)[C@@]21C. The maximum Gasteiger partial charge on any atom is 0.334 e. The van der Waals surface area contributed by atoms with Crippen LogP contribution in [0, 0.1) is 17.3 Å². The lowest BCUT2D eigenvalue weighted by atomic mass is 9.64. The van der Waals surface area contributed by atoms with Crippen LogP contribution in [0.1, 0.15) is 39.5 Å². The average molecular weight is 324 g/mol. The van der Waals surface area contributed by atoms with Crippen LogP contribution in [0.2, 0.25) is 0 Å². The van der Waals surface area contributed by atoms with Gasteiger partial charge in [-0.3, -0.25) is 4.79 Å². The summed E-state index contributed by atoms with van der Waals surface area (Å²) >= 11 is 0. The highest BCUT2D eigenvalue weighted by Gasteiger charge is 2.69. The Morgan fingerprint density at radius 3 is 2.74 bits per heavy atom. The van der Waals surface area contributed by atoms with E-state index in [4.69, 9.17) is 9.47 Å². The predicted molar refractivity (Wildman–Crippen MR) is 80.2 cm³/mol. The zero-order valence-corrected chi connectivity index (χ0v) is 13.6. The van der Waals surface area contributed by atoms with Crippen molar-refractivity contribution in [1.82, 2.24) is 0 Å². The second-order valence-electron chi connectivity index (χ2n) is 7.26. The van der Waals surface area contributed by atoms with Crippen LogP contribution in [0.15, 0.2) is 12.2 Å². The number of rotatable bonds is 2. The third-order valence-electron chi connectivity index (χ3n) is 6.32. The van der Waals surface area contributed by atoms with Crippen LogP contribution in [-0.2, 0) is 19.1 Å². The molecule has 2 aliphatic carbocycles. The Morgan fingerprint density at radius 1 is 1.43 bits per heavy atom. The number of aliphatic hydroxyl groups excluding tert-OH is 1. The van der Waals surface area contributed by atoms with Crippen LogP contribution in [0.3, 0.4) is 0 Å². The molecule has 0 aromatic heterocycles. The Balaban J connectivity index is 2.09. The van der Waals surface area contributed by atoms with Gasteiger partial charge < -0.3 is 19.7 Å². The maximum absolute atomic E-state index is 12.0. The standard InChI is InChI=1S/C17H24O6/c1-9-12-5-4-11(8-18)17(21)7-6-13(22-10(2)19)16(17,3)14(12)23-15(9)20/h11-14,18,21H,1,4-8H2,2-3H3/t11-,12?,13+,14?,16+,17-/m1/s1. The number of aliphatic hydroxyl groups is 2. The smallest absolute Gasteiger partial charge is 0.334 e. The van der Waals surface area contributed by atoms with Gasteiger partial charge in [0, 0.05) is 30.9 Å². The van der Waals surface area contributed by atoms with E-state index in [0.717, 1.165) is 0 Å². The summed E-state index contributed by atoms with van der Waals surface area (Å²) in [7, 11) is 0. The van der Waals surface area contributed by atoms with E-state index in [1.165, 1.54) is 6.92 Å². The van der Waals surface area contributed by atoms with Crippen molar-refractivity contribution in [3.63, 3.8) is 0 Å². The molecule has 0 radical (unpaired) electrons. The zero-order chi connectivity index (χ0) is 17.0. The van der Waals surface area contributed by atoms with Crippen molar-refractivity contribution in [2.24, 2.45) is 17.3 Å². The number of esters is 2. The molecule has 3 aliphatic rings. The summed E-state index contributed by atoms with van der Waals surface area (Å²) in [6, 6.07) is 0. The molecule has 3 rings (SSSR count). The Kier molecular flexibility index (Phi) is 3.80. The van der Waals surface area contributed by atoms with Crippen molar-refractivity contribution in [2.45, 2.75) is 57.3 Å². The Labute approximate surface area is 135 Å². The largest absolute Gasteiger partial charge is 0.462 e. The van der Waals surface area contributed by atoms with Crippen molar-refractivity contribution in [2.75, 3.05) is 6.61 Å². The summed E-state index contributed by atoms with van der Waals surface area (Å²) in [5.41, 5.74) is -1.79. The molecule has 6 nitrogen and oxygen atoms in total. The van der Waals surface area contributed by atoms with Crippen molar-refractivity contribution < 1.29 is 29.3 Å². The molecule has 0 amide bonds. The molecule has 3 fully saturated rings. The monoisotopic (exact) mass is 324 g/mol. The Morgan fingerprint density at radius 2 is 2.13 bits per heavy atom. The van der Waals surface area contributed by atoms with Gasteiger partial charge in [-0.2, -0.15) is 0 Å². The molecule has 0 bridgehead atoms. The molecular weight excluding hydrogens is 300 g/mol. The third kappa shape index (κ3) is 2.08. The molecule has 1 saturated heterocycles. The molecule has 6 heteroatoms. The molecule has 1 aliphatic heterocycles. The number of carbonyl (C=O) groups is 2. The number of fused-ring (bicyclic) bond motifs is 3. The van der Waals surface area contributed by atoms with Gasteiger partial charge in [0.05, 0.1) is 11.0 Å². The van der Waals surface area contributed by atoms with E-state index in [-0.39, 0.29) is 18.4 Å². The molecule has 0 aromatic carbocycles. The molecular formula is C17H24O6. The number of hydrogen-bond donors (Lipinski definition) is 2. The first kappa shape index (κ1) is 16.5. The summed E-state index contributed by atoms with van der Waals surface area (Å²) in [6.45, 7) is 6.83. The maximum atomic E-state index is 12.0. The van der Waals surface area contributed by atoms with Crippen molar-refractivity contribution >= 4 is 11.9 Å². The van der Waals surface area contributed by atoms with Crippen molar-refractivity contribution in [3.05, 3.63) is 12.2 Å². The second-order valence-corrected chi connectivity index (χ2v) is 7.26. The topological polar surface area (TPSA) is 93.1 Å². The molecule has 2 unspecified atom stereocenters. The summed E-state index contributed by atoms with van der Waals surface area (Å²) < 4.78 is 11.0. The minimum Gasteiger partial charge on any atom is -0.462 e. The molecule has 1 heterocycles. The first-order valence-corrected chi connectivity index (χ1v) is 8.16. The highest BCUT2D eigenvalue weighted by atomic mass is 16.6. The highest BCUT2D eigenvalue weighted by molar-refractivity contribution is 5.91. The van der Waals surface area contributed by atoms with E-state index in [9.17, 15) is 19.8 Å². The van der Waals surface area contributed by atoms with Crippen LogP contribution < -0.4 is 0 Å². The molecule has 2 N–H and O–H groups in total. The zero-order valence-electron chi connectivity index (χ0n) is 13.6. The summed E-state index contributed by atoms with van der Waals surface area (Å²) in [5, 5.41) is 21.2. The Hall–Kier alpha value is -1.40. The van der Waals surface area contributed by atoms with E-state index in [1.807, 2.05) is 6.92 Å².